The fourth-order valence-electron chi connectivity index (χ4n) is 1.14. The SMILES string of the molecule is NC[C@@H]1C[C@H]1C(F)(F)C(F)F. The summed E-state index contributed by atoms with van der Waals surface area (Å²) in [4.78, 5) is 0. The van der Waals surface area contributed by atoms with Gasteiger partial charge in [-0.25, -0.2) is 8.78 Å². The molecule has 1 saturated carbocycles. The number of halogens is 4. The first-order valence-electron chi connectivity index (χ1n) is 3.36. The Morgan fingerprint density at radius 3 is 2.27 bits per heavy atom. The molecule has 0 aromatic carbocycles. The maximum absolute atomic E-state index is 12.4. The zero-order chi connectivity index (χ0) is 8.65. The molecule has 0 saturated heterocycles. The summed E-state index contributed by atoms with van der Waals surface area (Å²) in [6, 6.07) is 0. The van der Waals surface area contributed by atoms with Gasteiger partial charge in [-0.2, -0.15) is 8.78 Å². The minimum Gasteiger partial charge on any atom is -0.330 e. The first-order chi connectivity index (χ1) is 5.00. The van der Waals surface area contributed by atoms with Crippen LogP contribution < -0.4 is 5.73 Å². The predicted molar refractivity (Wildman–Crippen MR) is 31.6 cm³/mol. The molecule has 0 heterocycles. The van der Waals surface area contributed by atoms with E-state index in [2.05, 4.69) is 0 Å². The first-order valence-corrected chi connectivity index (χ1v) is 3.36. The molecular weight excluding hydrogens is 162 g/mol. The molecule has 0 aromatic heterocycles. The van der Waals surface area contributed by atoms with E-state index in [1.807, 2.05) is 0 Å². The molecule has 1 fully saturated rings. The van der Waals surface area contributed by atoms with E-state index in [-0.39, 0.29) is 13.0 Å². The molecule has 11 heavy (non-hydrogen) atoms. The highest BCUT2D eigenvalue weighted by Crippen LogP contribution is 2.50. The Kier molecular flexibility index (Phi) is 2.09. The predicted octanol–water partition coefficient (Wildman–Crippen LogP) is 1.48. The maximum atomic E-state index is 12.4. The van der Waals surface area contributed by atoms with Crippen LogP contribution >= 0.6 is 0 Å². The van der Waals surface area contributed by atoms with Crippen molar-refractivity contribution >= 4 is 0 Å². The van der Waals surface area contributed by atoms with E-state index >= 15 is 0 Å². The van der Waals surface area contributed by atoms with Crippen molar-refractivity contribution in [3.05, 3.63) is 0 Å². The van der Waals surface area contributed by atoms with Gasteiger partial charge in [-0.3, -0.25) is 0 Å². The molecule has 0 radical (unpaired) electrons. The fraction of sp³-hybridized carbons (Fsp3) is 1.00. The zero-order valence-corrected chi connectivity index (χ0v) is 5.74. The second-order valence-electron chi connectivity index (χ2n) is 2.81. The van der Waals surface area contributed by atoms with Crippen LogP contribution in [0.15, 0.2) is 0 Å². The Balaban J connectivity index is 2.48. The molecule has 1 rings (SSSR count). The lowest BCUT2D eigenvalue weighted by atomic mass is 10.2. The standard InChI is InChI=1S/C6H9F4N/c7-5(8)6(9,10)4-1-3(4)2-11/h3-5H,1-2,11H2/t3-,4+/m0/s1. The monoisotopic (exact) mass is 171 g/mol. The molecule has 0 aromatic rings. The van der Waals surface area contributed by atoms with Crippen LogP contribution in [0.3, 0.4) is 0 Å². The van der Waals surface area contributed by atoms with Gasteiger partial charge in [-0.05, 0) is 18.9 Å². The minimum atomic E-state index is -3.83. The summed E-state index contributed by atoms with van der Waals surface area (Å²) in [6.45, 7) is 0.0764. The topological polar surface area (TPSA) is 26.0 Å². The molecule has 1 nitrogen and oxygen atoms in total. The smallest absolute Gasteiger partial charge is 0.310 e. The Morgan fingerprint density at radius 2 is 2.00 bits per heavy atom. The van der Waals surface area contributed by atoms with Crippen LogP contribution in [0.4, 0.5) is 17.6 Å². The van der Waals surface area contributed by atoms with Gasteiger partial charge < -0.3 is 5.73 Å². The summed E-state index contributed by atoms with van der Waals surface area (Å²) >= 11 is 0. The van der Waals surface area contributed by atoms with Crippen molar-refractivity contribution < 1.29 is 17.6 Å². The first kappa shape index (κ1) is 8.77. The van der Waals surface area contributed by atoms with Crippen LogP contribution in [-0.2, 0) is 0 Å². The molecule has 5 heteroatoms. The third-order valence-electron chi connectivity index (χ3n) is 2.01. The van der Waals surface area contributed by atoms with E-state index in [1.165, 1.54) is 0 Å². The van der Waals surface area contributed by atoms with Crippen molar-refractivity contribution in [1.82, 2.24) is 0 Å². The van der Waals surface area contributed by atoms with Crippen LogP contribution in [0, 0.1) is 11.8 Å². The number of hydrogen-bond donors (Lipinski definition) is 1. The molecule has 0 aliphatic heterocycles. The van der Waals surface area contributed by atoms with Gasteiger partial charge in [-0.15, -0.1) is 0 Å². The van der Waals surface area contributed by atoms with E-state index in [1.54, 1.807) is 0 Å². The van der Waals surface area contributed by atoms with E-state index in [4.69, 9.17) is 5.73 Å². The van der Waals surface area contributed by atoms with Gasteiger partial charge in [-0.1, -0.05) is 0 Å². The fourth-order valence-corrected chi connectivity index (χ4v) is 1.14. The Morgan fingerprint density at radius 1 is 1.45 bits per heavy atom. The normalized spacial score (nSPS) is 31.1. The molecule has 0 unspecified atom stereocenters. The highest BCUT2D eigenvalue weighted by atomic mass is 19.3. The van der Waals surface area contributed by atoms with Crippen LogP contribution in [0.25, 0.3) is 0 Å². The van der Waals surface area contributed by atoms with Crippen LogP contribution in [-0.4, -0.2) is 18.9 Å². The molecular formula is C6H9F4N. The molecule has 66 valence electrons. The summed E-state index contributed by atoms with van der Waals surface area (Å²) in [5, 5.41) is 0. The number of alkyl halides is 4. The number of rotatable bonds is 3. The lowest BCUT2D eigenvalue weighted by Gasteiger charge is -2.14. The molecule has 1 aliphatic rings. The second kappa shape index (κ2) is 2.62. The molecule has 2 atom stereocenters. The van der Waals surface area contributed by atoms with E-state index in [9.17, 15) is 17.6 Å². The van der Waals surface area contributed by atoms with Gasteiger partial charge in [0.1, 0.15) is 0 Å². The van der Waals surface area contributed by atoms with Gasteiger partial charge in [0.15, 0.2) is 0 Å². The van der Waals surface area contributed by atoms with Crippen molar-refractivity contribution in [3.63, 3.8) is 0 Å². The molecule has 2 N–H and O–H groups in total. The molecule has 0 bridgehead atoms. The van der Waals surface area contributed by atoms with Gasteiger partial charge in [0.25, 0.3) is 0 Å². The summed E-state index contributed by atoms with van der Waals surface area (Å²) in [5.41, 5.74) is 5.04. The highest BCUT2D eigenvalue weighted by molar-refractivity contribution is 4.97. The summed E-state index contributed by atoms with van der Waals surface area (Å²) in [7, 11) is 0. The van der Waals surface area contributed by atoms with Crippen molar-refractivity contribution in [2.24, 2.45) is 17.6 Å². The average Bonchev–Trinajstić information content (AvgIpc) is 2.65. The Hall–Kier alpha value is -0.320. The summed E-state index contributed by atoms with van der Waals surface area (Å²) < 4.78 is 48.0. The summed E-state index contributed by atoms with van der Waals surface area (Å²) in [5.74, 6) is -5.42. The minimum absolute atomic E-state index is 0.0764. The quantitative estimate of drug-likeness (QED) is 0.639. The largest absolute Gasteiger partial charge is 0.330 e. The van der Waals surface area contributed by atoms with Crippen molar-refractivity contribution in [3.8, 4) is 0 Å². The van der Waals surface area contributed by atoms with Crippen molar-refractivity contribution in [2.45, 2.75) is 18.8 Å². The van der Waals surface area contributed by atoms with E-state index in [0.717, 1.165) is 0 Å². The van der Waals surface area contributed by atoms with Gasteiger partial charge in [0.05, 0.1) is 0 Å². The number of hydrogen-bond acceptors (Lipinski definition) is 1. The van der Waals surface area contributed by atoms with Crippen LogP contribution in [0.1, 0.15) is 6.42 Å². The molecule has 0 amide bonds. The Bertz CT molecular complexity index is 148. The third-order valence-corrected chi connectivity index (χ3v) is 2.01. The van der Waals surface area contributed by atoms with Crippen LogP contribution in [0.2, 0.25) is 0 Å². The van der Waals surface area contributed by atoms with Gasteiger partial charge >= 0.3 is 12.3 Å². The average molecular weight is 171 g/mol. The van der Waals surface area contributed by atoms with Crippen LogP contribution in [0.5, 0.6) is 0 Å². The van der Waals surface area contributed by atoms with Crippen molar-refractivity contribution in [1.29, 1.82) is 0 Å². The molecule has 1 aliphatic carbocycles. The highest BCUT2D eigenvalue weighted by Gasteiger charge is 2.59. The lowest BCUT2D eigenvalue weighted by molar-refractivity contribution is -0.145. The zero-order valence-electron chi connectivity index (χ0n) is 5.74. The molecule has 0 spiro atoms. The summed E-state index contributed by atoms with van der Waals surface area (Å²) in [6.07, 6.45) is -3.42. The van der Waals surface area contributed by atoms with Gasteiger partial charge in [0, 0.05) is 5.92 Å². The lowest BCUT2D eigenvalue weighted by Crippen LogP contribution is -2.30. The van der Waals surface area contributed by atoms with E-state index < -0.39 is 24.2 Å². The van der Waals surface area contributed by atoms with Gasteiger partial charge in [0.2, 0.25) is 0 Å². The Labute approximate surface area is 61.6 Å². The van der Waals surface area contributed by atoms with E-state index in [0.29, 0.717) is 0 Å². The second-order valence-corrected chi connectivity index (χ2v) is 2.81. The maximum Gasteiger partial charge on any atom is 0.310 e. The van der Waals surface area contributed by atoms with Crippen molar-refractivity contribution in [2.75, 3.05) is 6.54 Å². The number of nitrogens with two attached hydrogens (primary N) is 1. The third kappa shape index (κ3) is 1.47.